The van der Waals surface area contributed by atoms with Crippen LogP contribution in [0.15, 0.2) is 60.7 Å². The molecule has 0 aromatic heterocycles. The Labute approximate surface area is 403 Å². The zero-order chi connectivity index (χ0) is 50.5. The Morgan fingerprint density at radius 3 is 1.82 bits per heavy atom. The van der Waals surface area contributed by atoms with Crippen LogP contribution in [0.5, 0.6) is 0 Å². The number of esters is 3. The van der Waals surface area contributed by atoms with Gasteiger partial charge in [0.15, 0.2) is 24.8 Å². The zero-order valence-electron chi connectivity index (χ0n) is 42.5. The minimum absolute atomic E-state index is 0.0590. The van der Waals surface area contributed by atoms with Crippen molar-refractivity contribution >= 4 is 17.9 Å². The summed E-state index contributed by atoms with van der Waals surface area (Å²) in [4.78, 5) is 43.9. The monoisotopic (exact) mass is 958 g/mol. The second kappa shape index (κ2) is 23.1. The molecule has 5 rings (SSSR count). The molecule has 3 fully saturated rings. The second-order valence-electron chi connectivity index (χ2n) is 20.4. The van der Waals surface area contributed by atoms with Crippen LogP contribution >= 0.6 is 0 Å². The molecule has 3 saturated heterocycles. The highest BCUT2D eigenvalue weighted by Crippen LogP contribution is 2.43. The number of methoxy groups -OCH3 is 2. The number of carbonyl (C=O) groups is 3. The van der Waals surface area contributed by atoms with Gasteiger partial charge >= 0.3 is 17.9 Å². The van der Waals surface area contributed by atoms with E-state index in [0.717, 1.165) is 0 Å². The van der Waals surface area contributed by atoms with Crippen molar-refractivity contribution in [1.82, 2.24) is 4.90 Å². The maximum absolute atomic E-state index is 14.7. The summed E-state index contributed by atoms with van der Waals surface area (Å²) in [6, 6.07) is 16.9. The summed E-state index contributed by atoms with van der Waals surface area (Å²) in [5.41, 5.74) is -3.69. The normalized spacial score (nSPS) is 41.0. The van der Waals surface area contributed by atoms with Crippen molar-refractivity contribution < 1.29 is 72.3 Å². The summed E-state index contributed by atoms with van der Waals surface area (Å²) in [5.74, 6) is -5.20. The maximum atomic E-state index is 14.7. The van der Waals surface area contributed by atoms with Crippen LogP contribution in [-0.4, -0.2) is 157 Å². The summed E-state index contributed by atoms with van der Waals surface area (Å²) in [6.07, 6.45) is -10.3. The summed E-state index contributed by atoms with van der Waals surface area (Å²) < 4.78 is 58.5. The molecule has 382 valence electrons. The summed E-state index contributed by atoms with van der Waals surface area (Å²) in [6.45, 7) is 17.4. The molecule has 2 unspecified atom stereocenters. The molecule has 0 aliphatic carbocycles. The molecule has 2 aromatic rings. The Balaban J connectivity index is 1.62. The average molecular weight is 958 g/mol. The molecule has 0 spiro atoms. The van der Waals surface area contributed by atoms with Gasteiger partial charge in [-0.25, -0.2) is 9.59 Å². The Hall–Kier alpha value is -3.55. The number of aliphatic hydroxyl groups excluding tert-OH is 2. The van der Waals surface area contributed by atoms with Gasteiger partial charge in [0.25, 0.3) is 0 Å². The number of hydrogen-bond acceptors (Lipinski definition) is 16. The zero-order valence-corrected chi connectivity index (χ0v) is 42.5. The molecule has 3 aliphatic heterocycles. The van der Waals surface area contributed by atoms with Gasteiger partial charge in [0.1, 0.15) is 17.3 Å². The van der Waals surface area contributed by atoms with E-state index in [4.69, 9.17) is 42.6 Å². The molecule has 0 amide bonds. The van der Waals surface area contributed by atoms with E-state index < -0.39 is 120 Å². The van der Waals surface area contributed by atoms with Crippen LogP contribution in [0.2, 0.25) is 0 Å². The number of likely N-dealkylation sites (N-methyl/N-ethyl adjacent to an activating group) is 1. The first kappa shape index (κ1) is 55.4. The van der Waals surface area contributed by atoms with Crippen LogP contribution in [0.4, 0.5) is 0 Å². The van der Waals surface area contributed by atoms with Gasteiger partial charge in [-0.05, 0) is 105 Å². The van der Waals surface area contributed by atoms with Crippen LogP contribution in [-0.2, 0) is 47.4 Å². The first-order chi connectivity index (χ1) is 31.9. The number of rotatable bonds is 12. The van der Waals surface area contributed by atoms with Crippen molar-refractivity contribution in [2.75, 3.05) is 28.3 Å². The number of aliphatic hydroxyl groups is 3. The van der Waals surface area contributed by atoms with Crippen LogP contribution < -0.4 is 0 Å². The van der Waals surface area contributed by atoms with E-state index in [1.54, 1.807) is 89.2 Å². The molecular formula is C52H79NO15. The SMILES string of the molecule is CC[C@H]1OC(=O)[C@H](C)[C@@H](OC2C[C@@](C)(OC)[C@@H](OC(=O)c3ccccc3)[C@H](C)O2)[C@H](C)[C@@H](OC2O[C@H](C)C[C@H](N(C)C)[C@H]2OC(=O)c2ccccc2)[C@](C)(OC)C[C@@H](C)[C@H](O)[C@H](C)[C@@H](O)[C@]1(C)O. The highest BCUT2D eigenvalue weighted by atomic mass is 16.7. The van der Waals surface area contributed by atoms with Gasteiger partial charge in [-0.15, -0.1) is 0 Å². The maximum Gasteiger partial charge on any atom is 0.338 e. The summed E-state index contributed by atoms with van der Waals surface area (Å²) in [5, 5.41) is 35.6. The lowest BCUT2D eigenvalue weighted by atomic mass is 9.73. The standard InChI is InChI=1S/C52H79NO15/c1-15-38-52(10,59)43(55)31(4)40(54)29(2)27-50(8,60-13)44(68-49-42(37(53(11)12)26-30(3)62-49)66-47(57)35-22-18-16-19-23-35)32(5)41(33(6)46(56)64-38)65-39-28-51(9,61-14)45(34(7)63-39)67-48(58)36-24-20-17-21-25-36/h16-25,29-34,37-45,49,54-55,59H,15,26-28H2,1-14H3/t29-,30-,31+,32+,33-,34+,37+,38-,39?,40+,41+,42-,43-,44-,45+,49?,50-,51-,52-/m1/s1. The van der Waals surface area contributed by atoms with Crippen LogP contribution in [0, 0.1) is 23.7 Å². The Morgan fingerprint density at radius 2 is 1.29 bits per heavy atom. The average Bonchev–Trinajstić information content (AvgIpc) is 3.31. The second-order valence-corrected chi connectivity index (χ2v) is 20.4. The third-order valence-electron chi connectivity index (χ3n) is 14.9. The Kier molecular flexibility index (Phi) is 18.8. The molecular weight excluding hydrogens is 879 g/mol. The number of carbonyl (C=O) groups excluding carboxylic acids is 3. The van der Waals surface area contributed by atoms with Crippen molar-refractivity contribution in [1.29, 1.82) is 0 Å². The summed E-state index contributed by atoms with van der Waals surface area (Å²) in [7, 11) is 6.84. The van der Waals surface area contributed by atoms with E-state index in [9.17, 15) is 29.7 Å². The van der Waals surface area contributed by atoms with E-state index in [1.165, 1.54) is 21.1 Å². The number of nitrogens with zero attached hydrogens (tertiary/aromatic N) is 1. The minimum Gasteiger partial charge on any atom is -0.459 e. The van der Waals surface area contributed by atoms with Gasteiger partial charge in [-0.3, -0.25) is 4.79 Å². The van der Waals surface area contributed by atoms with Gasteiger partial charge in [-0.2, -0.15) is 0 Å². The number of ether oxygens (including phenoxy) is 9. The minimum atomic E-state index is -1.97. The smallest absolute Gasteiger partial charge is 0.338 e. The fraction of sp³-hybridized carbons (Fsp3) is 0.712. The molecule has 16 heteroatoms. The van der Waals surface area contributed by atoms with Crippen LogP contribution in [0.1, 0.15) is 116 Å². The van der Waals surface area contributed by atoms with E-state index >= 15 is 0 Å². The third-order valence-corrected chi connectivity index (χ3v) is 14.9. The molecule has 68 heavy (non-hydrogen) atoms. The lowest BCUT2D eigenvalue weighted by Gasteiger charge is -2.50. The van der Waals surface area contributed by atoms with Gasteiger partial charge < -0.3 is 62.9 Å². The van der Waals surface area contributed by atoms with Gasteiger partial charge in [0, 0.05) is 32.5 Å². The molecule has 3 heterocycles. The number of hydrogen-bond donors (Lipinski definition) is 3. The lowest BCUT2D eigenvalue weighted by molar-refractivity contribution is -0.319. The van der Waals surface area contributed by atoms with E-state index in [-0.39, 0.29) is 31.4 Å². The topological polar surface area (TPSA) is 198 Å². The van der Waals surface area contributed by atoms with Crippen molar-refractivity contribution in [2.24, 2.45) is 23.7 Å². The first-order valence-electron chi connectivity index (χ1n) is 24.1. The molecule has 16 nitrogen and oxygen atoms in total. The molecule has 0 radical (unpaired) electrons. The van der Waals surface area contributed by atoms with E-state index in [1.807, 2.05) is 52.8 Å². The van der Waals surface area contributed by atoms with E-state index in [0.29, 0.717) is 17.5 Å². The van der Waals surface area contributed by atoms with Gasteiger partial charge in [0.05, 0.1) is 65.3 Å². The van der Waals surface area contributed by atoms with Gasteiger partial charge in [-0.1, -0.05) is 64.1 Å². The predicted octanol–water partition coefficient (Wildman–Crippen LogP) is 5.96. The quantitative estimate of drug-likeness (QED) is 0.166. The number of cyclic esters (lactones) is 1. The lowest BCUT2D eigenvalue weighted by Crippen LogP contribution is -2.62. The predicted molar refractivity (Wildman–Crippen MR) is 251 cm³/mol. The van der Waals surface area contributed by atoms with Crippen molar-refractivity contribution in [3.05, 3.63) is 71.8 Å². The molecule has 0 bridgehead atoms. The van der Waals surface area contributed by atoms with Gasteiger partial charge in [0.2, 0.25) is 0 Å². The molecule has 0 saturated carbocycles. The molecule has 19 atom stereocenters. The van der Waals surface area contributed by atoms with Crippen LogP contribution in [0.25, 0.3) is 0 Å². The van der Waals surface area contributed by atoms with Crippen molar-refractivity contribution in [3.63, 3.8) is 0 Å². The van der Waals surface area contributed by atoms with Crippen molar-refractivity contribution in [2.45, 2.75) is 185 Å². The third kappa shape index (κ3) is 12.3. The molecule has 2 aromatic carbocycles. The van der Waals surface area contributed by atoms with E-state index in [2.05, 4.69) is 0 Å². The van der Waals surface area contributed by atoms with Crippen LogP contribution in [0.3, 0.4) is 0 Å². The first-order valence-corrected chi connectivity index (χ1v) is 24.1. The Morgan fingerprint density at radius 1 is 0.750 bits per heavy atom. The van der Waals surface area contributed by atoms with Crippen molar-refractivity contribution in [3.8, 4) is 0 Å². The fourth-order valence-electron chi connectivity index (χ4n) is 10.6. The molecule has 3 aliphatic rings. The highest BCUT2D eigenvalue weighted by molar-refractivity contribution is 5.90. The fourth-order valence-corrected chi connectivity index (χ4v) is 10.6. The highest BCUT2D eigenvalue weighted by Gasteiger charge is 2.55. The number of benzene rings is 2. The summed E-state index contributed by atoms with van der Waals surface area (Å²) >= 11 is 0. The Bertz CT molecular complexity index is 1940. The largest absolute Gasteiger partial charge is 0.459 e. The molecule has 3 N–H and O–H groups in total.